The molecule has 5 nitrogen and oxygen atoms in total. The molecule has 0 aromatic heterocycles. The minimum Gasteiger partial charge on any atom is -0.378 e. The highest BCUT2D eigenvalue weighted by Gasteiger charge is 2.23. The number of allylic oxidation sites excluding steroid dienone is 1. The summed E-state index contributed by atoms with van der Waals surface area (Å²) in [5.74, 6) is 0. The third-order valence-corrected chi connectivity index (χ3v) is 4.98. The highest BCUT2D eigenvalue weighted by atomic mass is 16.5. The van der Waals surface area contributed by atoms with E-state index in [1.54, 1.807) is 0 Å². The van der Waals surface area contributed by atoms with Crippen molar-refractivity contribution in [1.82, 2.24) is 5.32 Å². The maximum absolute atomic E-state index is 12.6. The number of amides is 2. The fourth-order valence-electron chi connectivity index (χ4n) is 3.29. The van der Waals surface area contributed by atoms with Crippen LogP contribution in [0.4, 0.5) is 16.2 Å². The number of nitrogens with zero attached hydrogens (tertiary/aromatic N) is 1. The van der Waals surface area contributed by atoms with E-state index in [2.05, 4.69) is 34.2 Å². The lowest BCUT2D eigenvalue weighted by Gasteiger charge is -2.29. The summed E-state index contributed by atoms with van der Waals surface area (Å²) in [6.07, 6.45) is 0. The van der Waals surface area contributed by atoms with Crippen molar-refractivity contribution in [3.8, 4) is 0 Å². The zero-order chi connectivity index (χ0) is 20.1. The number of anilines is 2. The summed E-state index contributed by atoms with van der Waals surface area (Å²) in [6.45, 7) is 13.2. The second kappa shape index (κ2) is 8.48. The van der Waals surface area contributed by atoms with Gasteiger partial charge in [-0.1, -0.05) is 36.4 Å². The van der Waals surface area contributed by atoms with Crippen LogP contribution in [0.5, 0.6) is 0 Å². The predicted octanol–water partition coefficient (Wildman–Crippen LogP) is 4.61. The molecule has 1 aliphatic heterocycles. The fraction of sp³-hybridized carbons (Fsp3) is 0.348. The quantitative estimate of drug-likeness (QED) is 0.797. The molecule has 0 spiro atoms. The number of ether oxygens (including phenoxy) is 1. The van der Waals surface area contributed by atoms with Crippen LogP contribution in [0.3, 0.4) is 0 Å². The third-order valence-electron chi connectivity index (χ3n) is 4.98. The first kappa shape index (κ1) is 20.0. The van der Waals surface area contributed by atoms with Crippen molar-refractivity contribution in [2.45, 2.75) is 26.3 Å². The Morgan fingerprint density at radius 2 is 1.82 bits per heavy atom. The van der Waals surface area contributed by atoms with Gasteiger partial charge in [-0.3, -0.25) is 0 Å². The number of urea groups is 1. The van der Waals surface area contributed by atoms with Gasteiger partial charge in [0.15, 0.2) is 0 Å². The SMILES string of the molecule is C=C(C)c1cccc(C(C)(C)NC(=O)Nc2cccc(N3CCOCC3)c2)c1. The van der Waals surface area contributed by atoms with Gasteiger partial charge in [0, 0.05) is 24.5 Å². The standard InChI is InChI=1S/C23H29N3O2/c1-17(2)18-7-5-8-19(15-18)23(3,4)25-22(27)24-20-9-6-10-21(16-20)26-11-13-28-14-12-26/h5-10,15-16H,1,11-14H2,2-4H3,(H2,24,25,27). The molecule has 1 aliphatic rings. The van der Waals surface area contributed by atoms with Crippen LogP contribution in [-0.4, -0.2) is 32.3 Å². The molecule has 3 rings (SSSR count). The Balaban J connectivity index is 1.68. The van der Waals surface area contributed by atoms with Gasteiger partial charge < -0.3 is 20.3 Å². The number of benzene rings is 2. The molecule has 1 fully saturated rings. The molecular weight excluding hydrogens is 350 g/mol. The number of nitrogens with one attached hydrogen (secondary N) is 2. The molecule has 0 unspecified atom stereocenters. The van der Waals surface area contributed by atoms with Crippen LogP contribution in [0.2, 0.25) is 0 Å². The molecule has 0 radical (unpaired) electrons. The summed E-state index contributed by atoms with van der Waals surface area (Å²) in [4.78, 5) is 14.9. The van der Waals surface area contributed by atoms with Gasteiger partial charge in [0.1, 0.15) is 0 Å². The van der Waals surface area contributed by atoms with Gasteiger partial charge in [-0.2, -0.15) is 0 Å². The summed E-state index contributed by atoms with van der Waals surface area (Å²) in [5.41, 5.74) is 4.46. The van der Waals surface area contributed by atoms with E-state index in [1.807, 2.05) is 57.2 Å². The van der Waals surface area contributed by atoms with Gasteiger partial charge in [-0.05, 0) is 56.2 Å². The molecule has 2 aromatic carbocycles. The van der Waals surface area contributed by atoms with Crippen LogP contribution in [-0.2, 0) is 10.3 Å². The maximum Gasteiger partial charge on any atom is 0.319 e. The summed E-state index contributed by atoms with van der Waals surface area (Å²) < 4.78 is 5.41. The molecule has 28 heavy (non-hydrogen) atoms. The zero-order valence-electron chi connectivity index (χ0n) is 16.9. The van der Waals surface area contributed by atoms with E-state index in [1.165, 1.54) is 0 Å². The van der Waals surface area contributed by atoms with E-state index in [-0.39, 0.29) is 6.03 Å². The fourth-order valence-corrected chi connectivity index (χ4v) is 3.29. The smallest absolute Gasteiger partial charge is 0.319 e. The molecule has 148 valence electrons. The highest BCUT2D eigenvalue weighted by Crippen LogP contribution is 2.24. The normalized spacial score (nSPS) is 14.5. The summed E-state index contributed by atoms with van der Waals surface area (Å²) in [6, 6.07) is 15.8. The largest absolute Gasteiger partial charge is 0.378 e. The Bertz CT molecular complexity index is 854. The second-order valence-corrected chi connectivity index (χ2v) is 7.72. The van der Waals surface area contributed by atoms with Crippen LogP contribution in [0, 0.1) is 0 Å². The Labute approximate surface area is 167 Å². The lowest BCUT2D eigenvalue weighted by atomic mass is 9.92. The van der Waals surface area contributed by atoms with Crippen molar-refractivity contribution in [2.24, 2.45) is 0 Å². The van der Waals surface area contributed by atoms with E-state index >= 15 is 0 Å². The van der Waals surface area contributed by atoms with Gasteiger partial charge >= 0.3 is 6.03 Å². The molecule has 0 bridgehead atoms. The Hall–Kier alpha value is -2.79. The Morgan fingerprint density at radius 3 is 2.54 bits per heavy atom. The van der Waals surface area contributed by atoms with Crippen molar-refractivity contribution in [1.29, 1.82) is 0 Å². The van der Waals surface area contributed by atoms with E-state index in [4.69, 9.17) is 4.74 Å². The second-order valence-electron chi connectivity index (χ2n) is 7.72. The van der Waals surface area contributed by atoms with Gasteiger partial charge in [-0.25, -0.2) is 4.79 Å². The Kier molecular flexibility index (Phi) is 6.05. The van der Waals surface area contributed by atoms with Crippen molar-refractivity contribution in [3.63, 3.8) is 0 Å². The molecule has 0 saturated carbocycles. The molecule has 0 atom stereocenters. The third kappa shape index (κ3) is 4.93. The lowest BCUT2D eigenvalue weighted by Crippen LogP contribution is -2.43. The minimum absolute atomic E-state index is 0.232. The van der Waals surface area contributed by atoms with E-state index < -0.39 is 5.54 Å². The monoisotopic (exact) mass is 379 g/mol. The predicted molar refractivity (Wildman–Crippen MR) is 116 cm³/mol. The van der Waals surface area contributed by atoms with E-state index in [0.29, 0.717) is 0 Å². The van der Waals surface area contributed by atoms with Crippen LogP contribution < -0.4 is 15.5 Å². The molecule has 2 amide bonds. The molecule has 0 aliphatic carbocycles. The molecular formula is C23H29N3O2. The summed E-state index contributed by atoms with van der Waals surface area (Å²) >= 11 is 0. The number of carbonyl (C=O) groups is 1. The summed E-state index contributed by atoms with van der Waals surface area (Å²) in [5, 5.41) is 6.03. The van der Waals surface area contributed by atoms with Crippen LogP contribution in [0.1, 0.15) is 31.9 Å². The van der Waals surface area contributed by atoms with Gasteiger partial charge in [0.25, 0.3) is 0 Å². The Morgan fingerprint density at radius 1 is 1.11 bits per heavy atom. The average molecular weight is 380 g/mol. The number of rotatable bonds is 5. The molecule has 2 aromatic rings. The zero-order valence-corrected chi connectivity index (χ0v) is 16.9. The van der Waals surface area contributed by atoms with Gasteiger partial charge in [-0.15, -0.1) is 0 Å². The molecule has 1 saturated heterocycles. The van der Waals surface area contributed by atoms with Crippen molar-refractivity contribution in [2.75, 3.05) is 36.5 Å². The molecule has 2 N–H and O–H groups in total. The first-order valence-corrected chi connectivity index (χ1v) is 9.63. The number of hydrogen-bond donors (Lipinski definition) is 2. The van der Waals surface area contributed by atoms with Crippen molar-refractivity contribution >= 4 is 23.0 Å². The van der Waals surface area contributed by atoms with Gasteiger partial charge in [0.2, 0.25) is 0 Å². The first-order valence-electron chi connectivity index (χ1n) is 9.63. The van der Waals surface area contributed by atoms with Gasteiger partial charge in [0.05, 0.1) is 18.8 Å². The van der Waals surface area contributed by atoms with Crippen LogP contribution in [0.15, 0.2) is 55.1 Å². The molecule has 1 heterocycles. The van der Waals surface area contributed by atoms with E-state index in [0.717, 1.165) is 54.4 Å². The lowest BCUT2D eigenvalue weighted by molar-refractivity contribution is 0.122. The van der Waals surface area contributed by atoms with Crippen molar-refractivity contribution < 1.29 is 9.53 Å². The number of hydrogen-bond acceptors (Lipinski definition) is 3. The van der Waals surface area contributed by atoms with Crippen LogP contribution in [0.25, 0.3) is 5.57 Å². The van der Waals surface area contributed by atoms with Crippen molar-refractivity contribution in [3.05, 3.63) is 66.2 Å². The number of morpholine rings is 1. The molecule has 5 heteroatoms. The maximum atomic E-state index is 12.6. The van der Waals surface area contributed by atoms with Crippen LogP contribution >= 0.6 is 0 Å². The average Bonchev–Trinajstić information content (AvgIpc) is 2.68. The first-order chi connectivity index (χ1) is 13.3. The minimum atomic E-state index is -0.517. The summed E-state index contributed by atoms with van der Waals surface area (Å²) in [7, 11) is 0. The highest BCUT2D eigenvalue weighted by molar-refractivity contribution is 5.90. The number of carbonyl (C=O) groups excluding carboxylic acids is 1. The topological polar surface area (TPSA) is 53.6 Å². The van der Waals surface area contributed by atoms with E-state index in [9.17, 15) is 4.79 Å².